The normalized spacial score (nSPS) is 26.8. The van der Waals surface area contributed by atoms with E-state index in [2.05, 4.69) is 36.1 Å². The molecule has 2 amide bonds. The molecule has 0 bridgehead atoms. The lowest BCUT2D eigenvalue weighted by atomic mass is 9.90. The molecule has 2 aliphatic rings. The number of rotatable bonds is 9. The lowest BCUT2D eigenvalue weighted by molar-refractivity contribution is -0.278. The maximum atomic E-state index is 12.7. The zero-order valence-corrected chi connectivity index (χ0v) is 23.1. The topological polar surface area (TPSA) is 269 Å². The molecule has 0 spiro atoms. The number of aliphatic hydroxyl groups excluding tert-OH is 3. The van der Waals surface area contributed by atoms with Gasteiger partial charge in [-0.1, -0.05) is 18.9 Å². The van der Waals surface area contributed by atoms with Crippen LogP contribution in [0.3, 0.4) is 0 Å². The van der Waals surface area contributed by atoms with Gasteiger partial charge in [-0.25, -0.2) is 14.6 Å². The number of amides is 2. The Morgan fingerprint density at radius 1 is 1.02 bits per heavy atom. The van der Waals surface area contributed by atoms with Gasteiger partial charge in [0.25, 0.3) is 5.91 Å². The van der Waals surface area contributed by atoms with Gasteiger partial charge in [0.15, 0.2) is 6.10 Å². The summed E-state index contributed by atoms with van der Waals surface area (Å²) in [6.07, 6.45) is -3.45. The van der Waals surface area contributed by atoms with Crippen LogP contribution in [0.25, 0.3) is 5.69 Å². The molecule has 1 aliphatic carbocycles. The lowest BCUT2D eigenvalue weighted by Gasteiger charge is -2.38. The van der Waals surface area contributed by atoms with E-state index in [1.807, 2.05) is 0 Å². The van der Waals surface area contributed by atoms with Gasteiger partial charge in [0, 0.05) is 17.9 Å². The third-order valence-corrected chi connectivity index (χ3v) is 7.23. The molecule has 1 aromatic carbocycles. The minimum atomic E-state index is -1.92. The standard InChI is InChI=1S/C26H31N9O9/c27-21(39)14-11-28-25(34-22(14)31-12-4-3-5-13(10-12)35-29-8-9-30-35)32-15-6-1-2-7-16(15)33-26(42)44-24-19(38)17(36)18(37)20(43-24)23(40)41/h3-5,8-11,15-20,24,36-38H,1-2,6-7H2,(H2,27,39)(H,33,42)(H,40,41)(H2,28,31,32,34)/t15-,16+,17?,18+,19?,20?,24-/m1/s1. The van der Waals surface area contributed by atoms with Crippen molar-refractivity contribution in [2.24, 2.45) is 5.73 Å². The molecule has 2 fully saturated rings. The number of aromatic nitrogens is 5. The van der Waals surface area contributed by atoms with Crippen LogP contribution < -0.4 is 21.7 Å². The van der Waals surface area contributed by atoms with Gasteiger partial charge in [0.2, 0.25) is 12.2 Å². The van der Waals surface area contributed by atoms with E-state index in [0.717, 1.165) is 12.8 Å². The molecule has 7 atom stereocenters. The Hall–Kier alpha value is -4.91. The average molecular weight is 614 g/mol. The number of benzene rings is 1. The highest BCUT2D eigenvalue weighted by Crippen LogP contribution is 2.26. The Morgan fingerprint density at radius 2 is 1.75 bits per heavy atom. The third-order valence-electron chi connectivity index (χ3n) is 7.23. The Morgan fingerprint density at radius 3 is 2.45 bits per heavy atom. The fraction of sp³-hybridized carbons (Fsp3) is 0.423. The van der Waals surface area contributed by atoms with Crippen LogP contribution in [0, 0.1) is 0 Å². The number of carbonyl (C=O) groups excluding carboxylic acids is 2. The zero-order chi connectivity index (χ0) is 31.4. The van der Waals surface area contributed by atoms with E-state index < -0.39 is 60.8 Å². The molecule has 5 rings (SSSR count). The van der Waals surface area contributed by atoms with Gasteiger partial charge in [-0.05, 0) is 31.0 Å². The Kier molecular flexibility index (Phi) is 9.14. The summed E-state index contributed by atoms with van der Waals surface area (Å²) in [6, 6.07) is 6.16. The van der Waals surface area contributed by atoms with E-state index in [4.69, 9.17) is 15.2 Å². The highest BCUT2D eigenvalue weighted by atomic mass is 16.7. The van der Waals surface area contributed by atoms with Crippen LogP contribution in [-0.4, -0.2) is 106 Å². The minimum absolute atomic E-state index is 0.0399. The van der Waals surface area contributed by atoms with Crippen molar-refractivity contribution in [1.82, 2.24) is 30.3 Å². The molecule has 2 aromatic heterocycles. The molecule has 1 saturated heterocycles. The van der Waals surface area contributed by atoms with Gasteiger partial charge in [0.05, 0.1) is 24.1 Å². The van der Waals surface area contributed by atoms with Gasteiger partial charge < -0.3 is 51.6 Å². The second kappa shape index (κ2) is 13.2. The van der Waals surface area contributed by atoms with E-state index in [9.17, 15) is 34.8 Å². The van der Waals surface area contributed by atoms with Crippen LogP contribution in [0.4, 0.5) is 22.2 Å². The fourth-order valence-electron chi connectivity index (χ4n) is 5.00. The number of hydrogen-bond acceptors (Lipinski definition) is 14. The molecule has 3 unspecified atom stereocenters. The largest absolute Gasteiger partial charge is 0.479 e. The molecule has 9 N–H and O–H groups in total. The average Bonchev–Trinajstić information content (AvgIpc) is 3.54. The predicted octanol–water partition coefficient (Wildman–Crippen LogP) is -0.759. The maximum absolute atomic E-state index is 12.7. The summed E-state index contributed by atoms with van der Waals surface area (Å²) in [5, 5.41) is 56.3. The number of aliphatic hydroxyl groups is 3. The monoisotopic (exact) mass is 613 g/mol. The third kappa shape index (κ3) is 6.83. The number of carbonyl (C=O) groups is 3. The number of aliphatic carboxylic acids is 1. The number of nitrogens with zero attached hydrogens (tertiary/aromatic N) is 5. The molecule has 234 valence electrons. The first-order valence-electron chi connectivity index (χ1n) is 13.7. The van der Waals surface area contributed by atoms with Gasteiger partial charge in [-0.2, -0.15) is 20.0 Å². The molecule has 1 saturated carbocycles. The second-order valence-corrected chi connectivity index (χ2v) is 10.2. The highest BCUT2D eigenvalue weighted by molar-refractivity contribution is 5.98. The van der Waals surface area contributed by atoms with E-state index in [1.54, 1.807) is 24.3 Å². The van der Waals surface area contributed by atoms with Crippen molar-refractivity contribution in [2.75, 3.05) is 10.6 Å². The number of nitrogens with one attached hydrogen (secondary N) is 3. The van der Waals surface area contributed by atoms with E-state index >= 15 is 0 Å². The Labute approximate surface area is 249 Å². The zero-order valence-electron chi connectivity index (χ0n) is 23.1. The molecule has 18 nitrogen and oxygen atoms in total. The van der Waals surface area contributed by atoms with E-state index in [1.165, 1.54) is 23.4 Å². The SMILES string of the molecule is NC(=O)c1cnc(N[C@@H]2CCCC[C@@H]2NC(=O)O[C@H]2OC(C(=O)O)[C@@H](O)C(O)C2O)nc1Nc1cccc(-n2nccn2)c1. The van der Waals surface area contributed by atoms with Crippen LogP contribution in [-0.2, 0) is 14.3 Å². The summed E-state index contributed by atoms with van der Waals surface area (Å²) in [6.45, 7) is 0. The predicted molar refractivity (Wildman–Crippen MR) is 149 cm³/mol. The van der Waals surface area contributed by atoms with Crippen LogP contribution in [0.5, 0.6) is 0 Å². The van der Waals surface area contributed by atoms with Crippen molar-refractivity contribution in [2.45, 2.75) is 68.5 Å². The van der Waals surface area contributed by atoms with Crippen molar-refractivity contribution in [3.05, 3.63) is 48.4 Å². The van der Waals surface area contributed by atoms with Crippen LogP contribution >= 0.6 is 0 Å². The summed E-state index contributed by atoms with van der Waals surface area (Å²) >= 11 is 0. The fourth-order valence-corrected chi connectivity index (χ4v) is 5.00. The van der Waals surface area contributed by atoms with Crippen molar-refractivity contribution in [3.63, 3.8) is 0 Å². The van der Waals surface area contributed by atoms with Crippen molar-refractivity contribution in [1.29, 1.82) is 0 Å². The first-order valence-corrected chi connectivity index (χ1v) is 13.7. The molecule has 3 aromatic rings. The number of nitrogens with two attached hydrogens (primary N) is 1. The molecular weight excluding hydrogens is 582 g/mol. The smallest absolute Gasteiger partial charge is 0.409 e. The molecule has 0 radical (unpaired) electrons. The summed E-state index contributed by atoms with van der Waals surface area (Å²) in [4.78, 5) is 46.3. The number of primary amides is 1. The number of alkyl carbamates (subject to hydrolysis) is 1. The summed E-state index contributed by atoms with van der Waals surface area (Å²) in [5.41, 5.74) is 6.83. The van der Waals surface area contributed by atoms with Gasteiger partial charge in [-0.3, -0.25) is 4.79 Å². The summed E-state index contributed by atoms with van der Waals surface area (Å²) < 4.78 is 10.1. The molecular formula is C26H31N9O9. The molecule has 3 heterocycles. The highest BCUT2D eigenvalue weighted by Gasteiger charge is 2.48. The van der Waals surface area contributed by atoms with Crippen LogP contribution in [0.15, 0.2) is 42.9 Å². The first-order chi connectivity index (χ1) is 21.1. The quantitative estimate of drug-likeness (QED) is 0.147. The number of ether oxygens (including phenoxy) is 2. The maximum Gasteiger partial charge on any atom is 0.409 e. The van der Waals surface area contributed by atoms with Crippen LogP contribution in [0.1, 0.15) is 36.0 Å². The summed E-state index contributed by atoms with van der Waals surface area (Å²) in [7, 11) is 0. The minimum Gasteiger partial charge on any atom is -0.479 e. The Balaban J connectivity index is 1.28. The number of carboxylic acids is 1. The van der Waals surface area contributed by atoms with E-state index in [-0.39, 0.29) is 17.3 Å². The van der Waals surface area contributed by atoms with Crippen molar-refractivity contribution >= 4 is 35.4 Å². The first kappa shape index (κ1) is 30.5. The number of carboxylic acid groups (broad SMARTS) is 1. The van der Waals surface area contributed by atoms with Crippen molar-refractivity contribution in [3.8, 4) is 5.69 Å². The summed E-state index contributed by atoms with van der Waals surface area (Å²) in [5.74, 6) is -2.08. The number of hydrogen-bond donors (Lipinski definition) is 8. The molecule has 18 heteroatoms. The number of anilines is 3. The lowest BCUT2D eigenvalue weighted by Crippen LogP contribution is -2.61. The van der Waals surface area contributed by atoms with Gasteiger partial charge in [0.1, 0.15) is 29.7 Å². The van der Waals surface area contributed by atoms with Crippen LogP contribution in [0.2, 0.25) is 0 Å². The van der Waals surface area contributed by atoms with Crippen molar-refractivity contribution < 1.29 is 44.3 Å². The molecule has 1 aliphatic heterocycles. The van der Waals surface area contributed by atoms with Gasteiger partial charge >= 0.3 is 12.1 Å². The Bertz CT molecular complexity index is 1490. The van der Waals surface area contributed by atoms with E-state index in [0.29, 0.717) is 24.2 Å². The van der Waals surface area contributed by atoms with Gasteiger partial charge in [-0.15, -0.1) is 0 Å². The molecule has 44 heavy (non-hydrogen) atoms. The second-order valence-electron chi connectivity index (χ2n) is 10.2.